The normalized spacial score (nSPS) is 10.3. The van der Waals surface area contributed by atoms with E-state index in [1.807, 2.05) is 0 Å². The summed E-state index contributed by atoms with van der Waals surface area (Å²) >= 11 is 0. The molecule has 5 heteroatoms. The number of aromatic amines is 1. The van der Waals surface area contributed by atoms with Gasteiger partial charge in [-0.2, -0.15) is 0 Å². The molecule has 0 aliphatic rings. The Labute approximate surface area is 91.6 Å². The number of rotatable bonds is 3. The van der Waals surface area contributed by atoms with Crippen LogP contribution in [0.25, 0.3) is 10.9 Å². The highest BCUT2D eigenvalue weighted by atomic mass is 16.6. The highest BCUT2D eigenvalue weighted by Gasteiger charge is 2.04. The fourth-order valence-corrected chi connectivity index (χ4v) is 1.39. The second kappa shape index (κ2) is 4.14. The van der Waals surface area contributed by atoms with Crippen molar-refractivity contribution in [2.24, 2.45) is 0 Å². The highest BCUT2D eigenvalue weighted by Crippen LogP contribution is 2.23. The van der Waals surface area contributed by atoms with E-state index in [2.05, 4.69) is 9.72 Å². The summed E-state index contributed by atoms with van der Waals surface area (Å²) in [5, 5.41) is 10.1. The van der Waals surface area contributed by atoms with Crippen LogP contribution in [0.3, 0.4) is 0 Å². The Kier molecular flexibility index (Phi) is 2.68. The molecule has 1 aromatic heterocycles. The molecule has 1 aromatic carbocycles. The third kappa shape index (κ3) is 2.08. The number of H-pyrrole nitrogens is 1. The monoisotopic (exact) mass is 221 g/mol. The number of carbonyl (C=O) groups is 1. The molecule has 0 bridgehead atoms. The van der Waals surface area contributed by atoms with Crippen molar-refractivity contribution in [2.75, 3.05) is 13.7 Å². The lowest BCUT2D eigenvalue weighted by atomic mass is 10.2. The first kappa shape index (κ1) is 10.4. The van der Waals surface area contributed by atoms with Crippen LogP contribution in [-0.4, -0.2) is 29.8 Å². The number of esters is 1. The zero-order valence-electron chi connectivity index (χ0n) is 8.69. The zero-order valence-corrected chi connectivity index (χ0v) is 8.69. The predicted molar refractivity (Wildman–Crippen MR) is 57.5 cm³/mol. The summed E-state index contributed by atoms with van der Waals surface area (Å²) in [7, 11) is 1.30. The van der Waals surface area contributed by atoms with Crippen molar-refractivity contribution in [3.05, 3.63) is 24.3 Å². The standard InChI is InChI=1S/C11H11NO4/c1-15-11(14)6-16-8-2-3-9-7(4-8)5-10(13)12-9/h2-5,12-13H,6H2,1H3. The first-order valence-electron chi connectivity index (χ1n) is 4.70. The van der Waals surface area contributed by atoms with Crippen molar-refractivity contribution in [3.63, 3.8) is 0 Å². The van der Waals surface area contributed by atoms with Gasteiger partial charge in [0, 0.05) is 17.0 Å². The third-order valence-electron chi connectivity index (χ3n) is 2.16. The van der Waals surface area contributed by atoms with E-state index in [1.54, 1.807) is 24.3 Å². The molecular weight excluding hydrogens is 210 g/mol. The molecule has 16 heavy (non-hydrogen) atoms. The number of hydrogen-bond donors (Lipinski definition) is 2. The van der Waals surface area contributed by atoms with Crippen LogP contribution in [0, 0.1) is 0 Å². The number of carbonyl (C=O) groups excluding carboxylic acids is 1. The molecule has 84 valence electrons. The van der Waals surface area contributed by atoms with Crippen LogP contribution in [0.5, 0.6) is 11.6 Å². The fraction of sp³-hybridized carbons (Fsp3) is 0.182. The van der Waals surface area contributed by atoms with Gasteiger partial charge in [-0.25, -0.2) is 4.79 Å². The molecule has 0 atom stereocenters. The molecule has 0 aliphatic heterocycles. The number of aromatic nitrogens is 1. The minimum Gasteiger partial charge on any atom is -0.495 e. The maximum absolute atomic E-state index is 10.9. The first-order chi connectivity index (χ1) is 7.69. The summed E-state index contributed by atoms with van der Waals surface area (Å²) < 4.78 is 9.66. The molecule has 2 rings (SSSR count). The van der Waals surface area contributed by atoms with Crippen molar-refractivity contribution >= 4 is 16.9 Å². The van der Waals surface area contributed by atoms with Gasteiger partial charge >= 0.3 is 5.97 Å². The second-order valence-electron chi connectivity index (χ2n) is 3.27. The number of aromatic hydroxyl groups is 1. The van der Waals surface area contributed by atoms with Crippen LogP contribution in [0.2, 0.25) is 0 Å². The second-order valence-corrected chi connectivity index (χ2v) is 3.27. The quantitative estimate of drug-likeness (QED) is 0.769. The summed E-state index contributed by atoms with van der Waals surface area (Å²) in [5.41, 5.74) is 0.808. The number of hydrogen-bond acceptors (Lipinski definition) is 4. The molecular formula is C11H11NO4. The van der Waals surface area contributed by atoms with E-state index in [4.69, 9.17) is 4.74 Å². The molecule has 0 amide bonds. The van der Waals surface area contributed by atoms with Gasteiger partial charge in [0.25, 0.3) is 0 Å². The lowest BCUT2D eigenvalue weighted by molar-refractivity contribution is -0.142. The molecule has 0 unspecified atom stereocenters. The molecule has 0 spiro atoms. The molecule has 0 aliphatic carbocycles. The van der Waals surface area contributed by atoms with E-state index in [9.17, 15) is 9.90 Å². The summed E-state index contributed by atoms with van der Waals surface area (Å²) in [6, 6.07) is 6.79. The van der Waals surface area contributed by atoms with Gasteiger partial charge < -0.3 is 19.6 Å². The van der Waals surface area contributed by atoms with E-state index in [0.717, 1.165) is 10.9 Å². The largest absolute Gasteiger partial charge is 0.495 e. The van der Waals surface area contributed by atoms with E-state index < -0.39 is 5.97 Å². The number of nitrogens with one attached hydrogen (secondary N) is 1. The van der Waals surface area contributed by atoms with Gasteiger partial charge in [0.2, 0.25) is 0 Å². The molecule has 2 aromatic rings. The van der Waals surface area contributed by atoms with Gasteiger partial charge in [-0.15, -0.1) is 0 Å². The lowest BCUT2D eigenvalue weighted by Crippen LogP contribution is -2.12. The third-order valence-corrected chi connectivity index (χ3v) is 2.16. The number of methoxy groups -OCH3 is 1. The molecule has 0 fully saturated rings. The van der Waals surface area contributed by atoms with Crippen LogP contribution < -0.4 is 4.74 Å². The Morgan fingerprint density at radius 3 is 3.00 bits per heavy atom. The minimum absolute atomic E-state index is 0.0973. The van der Waals surface area contributed by atoms with E-state index in [-0.39, 0.29) is 12.5 Å². The summed E-state index contributed by atoms with van der Waals surface area (Å²) in [6.45, 7) is -0.127. The van der Waals surface area contributed by atoms with E-state index in [1.165, 1.54) is 7.11 Å². The van der Waals surface area contributed by atoms with Gasteiger partial charge in [-0.3, -0.25) is 0 Å². The average Bonchev–Trinajstić information content (AvgIpc) is 2.65. The highest BCUT2D eigenvalue weighted by molar-refractivity contribution is 5.82. The Balaban J connectivity index is 2.16. The molecule has 0 radical (unpaired) electrons. The Bertz CT molecular complexity index is 518. The van der Waals surface area contributed by atoms with E-state index in [0.29, 0.717) is 5.75 Å². The molecule has 0 saturated carbocycles. The lowest BCUT2D eigenvalue weighted by Gasteiger charge is -2.04. The maximum atomic E-state index is 10.9. The smallest absolute Gasteiger partial charge is 0.343 e. The van der Waals surface area contributed by atoms with Crippen LogP contribution in [0.4, 0.5) is 0 Å². The molecule has 1 heterocycles. The van der Waals surface area contributed by atoms with Crippen molar-refractivity contribution < 1.29 is 19.4 Å². The SMILES string of the molecule is COC(=O)COc1ccc2[nH]c(O)cc2c1. The van der Waals surface area contributed by atoms with Gasteiger partial charge in [-0.05, 0) is 18.2 Å². The predicted octanol–water partition coefficient (Wildman–Crippen LogP) is 1.43. The van der Waals surface area contributed by atoms with Crippen molar-refractivity contribution in [3.8, 4) is 11.6 Å². The van der Waals surface area contributed by atoms with Crippen LogP contribution in [-0.2, 0) is 9.53 Å². The molecule has 5 nitrogen and oxygen atoms in total. The Morgan fingerprint density at radius 1 is 1.44 bits per heavy atom. The van der Waals surface area contributed by atoms with Crippen molar-refractivity contribution in [1.29, 1.82) is 0 Å². The molecule has 2 N–H and O–H groups in total. The average molecular weight is 221 g/mol. The zero-order chi connectivity index (χ0) is 11.5. The first-order valence-corrected chi connectivity index (χ1v) is 4.70. The Morgan fingerprint density at radius 2 is 2.25 bits per heavy atom. The minimum atomic E-state index is -0.433. The van der Waals surface area contributed by atoms with Crippen LogP contribution in [0.15, 0.2) is 24.3 Å². The summed E-state index contributed by atoms with van der Waals surface area (Å²) in [5.74, 6) is 0.217. The van der Waals surface area contributed by atoms with Crippen molar-refractivity contribution in [1.82, 2.24) is 4.98 Å². The van der Waals surface area contributed by atoms with Gasteiger partial charge in [0.15, 0.2) is 12.5 Å². The molecule has 0 saturated heterocycles. The maximum Gasteiger partial charge on any atom is 0.343 e. The topological polar surface area (TPSA) is 71.5 Å². The number of ether oxygens (including phenoxy) is 2. The van der Waals surface area contributed by atoms with Crippen molar-refractivity contribution in [2.45, 2.75) is 0 Å². The summed E-state index contributed by atoms with van der Waals surface area (Å²) in [6.07, 6.45) is 0. The van der Waals surface area contributed by atoms with Gasteiger partial charge in [-0.1, -0.05) is 0 Å². The number of benzene rings is 1. The van der Waals surface area contributed by atoms with E-state index >= 15 is 0 Å². The summed E-state index contributed by atoms with van der Waals surface area (Å²) in [4.78, 5) is 13.6. The fourth-order valence-electron chi connectivity index (χ4n) is 1.39. The van der Waals surface area contributed by atoms with Gasteiger partial charge in [0.05, 0.1) is 7.11 Å². The van der Waals surface area contributed by atoms with Crippen LogP contribution >= 0.6 is 0 Å². The van der Waals surface area contributed by atoms with Crippen LogP contribution in [0.1, 0.15) is 0 Å². The Hall–Kier alpha value is -2.17. The number of fused-ring (bicyclic) bond motifs is 1. The van der Waals surface area contributed by atoms with Gasteiger partial charge in [0.1, 0.15) is 5.75 Å².